The molecule has 0 heterocycles. The average Bonchev–Trinajstić information content (AvgIpc) is 2.48. The summed E-state index contributed by atoms with van der Waals surface area (Å²) in [4.78, 5) is 0. The summed E-state index contributed by atoms with van der Waals surface area (Å²) in [5, 5.41) is 3.75. The second kappa shape index (κ2) is 7.25. The van der Waals surface area contributed by atoms with Gasteiger partial charge in [0, 0.05) is 12.1 Å². The lowest BCUT2D eigenvalue weighted by Gasteiger charge is -2.23. The Balaban J connectivity index is 1.97. The third-order valence-corrected chi connectivity index (χ3v) is 3.88. The van der Waals surface area contributed by atoms with Gasteiger partial charge in [-0.15, -0.1) is 0 Å². The second-order valence-electron chi connectivity index (χ2n) is 5.59. The summed E-state index contributed by atoms with van der Waals surface area (Å²) in [5.41, 5.74) is 4.09. The van der Waals surface area contributed by atoms with Crippen LogP contribution in [0, 0.1) is 6.92 Å². The van der Waals surface area contributed by atoms with E-state index in [0.29, 0.717) is 12.1 Å². The topological polar surface area (TPSA) is 12.0 Å². The molecule has 106 valence electrons. The van der Waals surface area contributed by atoms with E-state index in [1.54, 1.807) is 0 Å². The maximum Gasteiger partial charge on any atom is 0.0294 e. The van der Waals surface area contributed by atoms with Gasteiger partial charge in [-0.2, -0.15) is 0 Å². The molecule has 0 aromatic heterocycles. The third-order valence-electron chi connectivity index (χ3n) is 3.88. The largest absolute Gasteiger partial charge is 0.307 e. The minimum atomic E-state index is 0.393. The summed E-state index contributed by atoms with van der Waals surface area (Å²) < 4.78 is 0. The fourth-order valence-corrected chi connectivity index (χ4v) is 2.52. The van der Waals surface area contributed by atoms with Gasteiger partial charge in [0.2, 0.25) is 0 Å². The Bertz CT molecular complexity index is 501. The van der Waals surface area contributed by atoms with Crippen LogP contribution < -0.4 is 5.32 Å². The fraction of sp³-hybridized carbons (Fsp3) is 0.368. The van der Waals surface area contributed by atoms with Gasteiger partial charge in [0.15, 0.2) is 0 Å². The SMILES string of the molecule is CCC(Cc1ccccc1)NC(C)c1ccc(C)cc1. The summed E-state index contributed by atoms with van der Waals surface area (Å²) in [5.74, 6) is 0. The van der Waals surface area contributed by atoms with E-state index >= 15 is 0 Å². The van der Waals surface area contributed by atoms with Crippen LogP contribution in [0.5, 0.6) is 0 Å². The molecular formula is C19H25N. The van der Waals surface area contributed by atoms with Crippen molar-refractivity contribution in [1.29, 1.82) is 0 Å². The van der Waals surface area contributed by atoms with Gasteiger partial charge in [0.25, 0.3) is 0 Å². The van der Waals surface area contributed by atoms with Crippen LogP contribution in [0.1, 0.15) is 43.0 Å². The molecule has 0 spiro atoms. The van der Waals surface area contributed by atoms with E-state index < -0.39 is 0 Å². The molecule has 2 atom stereocenters. The molecule has 2 aromatic carbocycles. The number of benzene rings is 2. The zero-order valence-electron chi connectivity index (χ0n) is 12.8. The van der Waals surface area contributed by atoms with E-state index in [1.165, 1.54) is 16.7 Å². The van der Waals surface area contributed by atoms with Crippen molar-refractivity contribution < 1.29 is 0 Å². The molecule has 1 heteroatoms. The summed E-state index contributed by atoms with van der Waals surface area (Å²) in [7, 11) is 0. The first kappa shape index (κ1) is 14.8. The molecule has 0 aliphatic heterocycles. The minimum Gasteiger partial charge on any atom is -0.307 e. The first-order chi connectivity index (χ1) is 9.69. The lowest BCUT2D eigenvalue weighted by Crippen LogP contribution is -2.32. The zero-order chi connectivity index (χ0) is 14.4. The lowest BCUT2D eigenvalue weighted by molar-refractivity contribution is 0.440. The van der Waals surface area contributed by atoms with Crippen molar-refractivity contribution in [2.24, 2.45) is 0 Å². The molecule has 2 unspecified atom stereocenters. The second-order valence-corrected chi connectivity index (χ2v) is 5.59. The first-order valence-corrected chi connectivity index (χ1v) is 7.55. The lowest BCUT2D eigenvalue weighted by atomic mass is 10.0. The van der Waals surface area contributed by atoms with Crippen LogP contribution in [-0.4, -0.2) is 6.04 Å². The molecule has 1 nitrogen and oxygen atoms in total. The Hall–Kier alpha value is -1.60. The van der Waals surface area contributed by atoms with E-state index in [1.807, 2.05) is 0 Å². The summed E-state index contributed by atoms with van der Waals surface area (Å²) in [6.07, 6.45) is 2.23. The fourth-order valence-electron chi connectivity index (χ4n) is 2.52. The minimum absolute atomic E-state index is 0.393. The summed E-state index contributed by atoms with van der Waals surface area (Å²) in [6.45, 7) is 6.63. The summed E-state index contributed by atoms with van der Waals surface area (Å²) >= 11 is 0. The standard InChI is InChI=1S/C19H25N/c1-4-19(14-17-8-6-5-7-9-17)20-16(3)18-12-10-15(2)11-13-18/h5-13,16,19-20H,4,14H2,1-3H3. The molecule has 2 rings (SSSR count). The van der Waals surface area contributed by atoms with Crippen LogP contribution in [0.15, 0.2) is 54.6 Å². The molecule has 0 bridgehead atoms. The predicted molar refractivity (Wildman–Crippen MR) is 87.0 cm³/mol. The molecule has 20 heavy (non-hydrogen) atoms. The molecule has 0 fully saturated rings. The van der Waals surface area contributed by atoms with Crippen molar-refractivity contribution in [3.8, 4) is 0 Å². The van der Waals surface area contributed by atoms with Gasteiger partial charge >= 0.3 is 0 Å². The molecule has 0 aliphatic rings. The van der Waals surface area contributed by atoms with E-state index in [9.17, 15) is 0 Å². The normalized spacial score (nSPS) is 13.9. The number of aryl methyl sites for hydroxylation is 1. The van der Waals surface area contributed by atoms with Gasteiger partial charge in [-0.3, -0.25) is 0 Å². The highest BCUT2D eigenvalue weighted by Gasteiger charge is 2.12. The Morgan fingerprint density at radius 2 is 1.60 bits per heavy atom. The van der Waals surface area contributed by atoms with Gasteiger partial charge in [0.1, 0.15) is 0 Å². The highest BCUT2D eigenvalue weighted by Crippen LogP contribution is 2.16. The quantitative estimate of drug-likeness (QED) is 0.802. The maximum atomic E-state index is 3.75. The van der Waals surface area contributed by atoms with Gasteiger partial charge in [0.05, 0.1) is 0 Å². The van der Waals surface area contributed by atoms with E-state index in [2.05, 4.69) is 80.7 Å². The smallest absolute Gasteiger partial charge is 0.0294 e. The summed E-state index contributed by atoms with van der Waals surface area (Å²) in [6, 6.07) is 20.5. The molecule has 2 aromatic rings. The van der Waals surface area contributed by atoms with Gasteiger partial charge in [-0.05, 0) is 37.8 Å². The van der Waals surface area contributed by atoms with Crippen LogP contribution in [0.3, 0.4) is 0 Å². The molecule has 0 amide bonds. The van der Waals surface area contributed by atoms with Crippen molar-refractivity contribution in [1.82, 2.24) is 5.32 Å². The van der Waals surface area contributed by atoms with E-state index in [4.69, 9.17) is 0 Å². The number of nitrogens with one attached hydrogen (secondary N) is 1. The molecular weight excluding hydrogens is 242 g/mol. The molecule has 1 N–H and O–H groups in total. The molecule has 0 saturated carbocycles. The Morgan fingerprint density at radius 3 is 2.20 bits per heavy atom. The maximum absolute atomic E-state index is 3.75. The zero-order valence-corrected chi connectivity index (χ0v) is 12.8. The number of hydrogen-bond donors (Lipinski definition) is 1. The number of rotatable bonds is 6. The van der Waals surface area contributed by atoms with Crippen molar-refractivity contribution in [2.45, 2.75) is 45.7 Å². The number of hydrogen-bond acceptors (Lipinski definition) is 1. The van der Waals surface area contributed by atoms with Gasteiger partial charge < -0.3 is 5.32 Å². The van der Waals surface area contributed by atoms with E-state index in [-0.39, 0.29) is 0 Å². The van der Waals surface area contributed by atoms with Crippen LogP contribution in [0.2, 0.25) is 0 Å². The van der Waals surface area contributed by atoms with Crippen molar-refractivity contribution in [3.63, 3.8) is 0 Å². The molecule has 0 radical (unpaired) electrons. The van der Waals surface area contributed by atoms with Crippen LogP contribution in [0.4, 0.5) is 0 Å². The highest BCUT2D eigenvalue weighted by atomic mass is 14.9. The van der Waals surface area contributed by atoms with Crippen molar-refractivity contribution in [2.75, 3.05) is 0 Å². The molecule has 0 aliphatic carbocycles. The van der Waals surface area contributed by atoms with Crippen molar-refractivity contribution >= 4 is 0 Å². The predicted octanol–water partition coefficient (Wildman–Crippen LogP) is 4.67. The van der Waals surface area contributed by atoms with Gasteiger partial charge in [-0.25, -0.2) is 0 Å². The van der Waals surface area contributed by atoms with E-state index in [0.717, 1.165) is 12.8 Å². The van der Waals surface area contributed by atoms with Gasteiger partial charge in [-0.1, -0.05) is 67.1 Å². The van der Waals surface area contributed by atoms with Crippen LogP contribution in [0.25, 0.3) is 0 Å². The third kappa shape index (κ3) is 4.21. The molecule has 0 saturated heterocycles. The Labute approximate surface area is 123 Å². The highest BCUT2D eigenvalue weighted by molar-refractivity contribution is 5.24. The Morgan fingerprint density at radius 1 is 0.950 bits per heavy atom. The monoisotopic (exact) mass is 267 g/mol. The van der Waals surface area contributed by atoms with Crippen LogP contribution >= 0.6 is 0 Å². The Kier molecular flexibility index (Phi) is 5.37. The average molecular weight is 267 g/mol. The van der Waals surface area contributed by atoms with Crippen LogP contribution in [-0.2, 0) is 6.42 Å². The first-order valence-electron chi connectivity index (χ1n) is 7.55. The van der Waals surface area contributed by atoms with Crippen molar-refractivity contribution in [3.05, 3.63) is 71.3 Å².